The number of nitrogens with zero attached hydrogens (tertiary/aromatic N) is 3. The van der Waals surface area contributed by atoms with Crippen molar-refractivity contribution in [3.05, 3.63) is 22.1 Å². The highest BCUT2D eigenvalue weighted by Gasteiger charge is 2.14. The Hall–Kier alpha value is -1.72. The second-order valence-corrected chi connectivity index (χ2v) is 1.91. The van der Waals surface area contributed by atoms with Crippen LogP contribution in [0.4, 0.5) is 5.82 Å². The van der Waals surface area contributed by atoms with Crippen molar-refractivity contribution in [3.63, 3.8) is 0 Å². The Morgan fingerprint density at radius 3 is 2.73 bits per heavy atom. The number of aldehydes is 1. The smallest absolute Gasteiger partial charge is 0.343 e. The first-order chi connectivity index (χ1) is 5.16. The maximum atomic E-state index is 10.2. The van der Waals surface area contributed by atoms with Crippen LogP contribution in [-0.4, -0.2) is 20.8 Å². The molecule has 0 radical (unpaired) electrons. The third kappa shape index (κ3) is 1.09. The lowest BCUT2D eigenvalue weighted by atomic mass is 10.7. The molecule has 6 nitrogen and oxygen atoms in total. The van der Waals surface area contributed by atoms with Gasteiger partial charge in [0.2, 0.25) is 6.29 Å². The van der Waals surface area contributed by atoms with E-state index in [1.165, 1.54) is 7.05 Å². The summed E-state index contributed by atoms with van der Waals surface area (Å²) in [5, 5.41) is 10.2. The largest absolute Gasteiger partial charge is 0.358 e. The molecule has 1 aromatic heterocycles. The molecule has 1 heterocycles. The molecule has 0 saturated heterocycles. The summed E-state index contributed by atoms with van der Waals surface area (Å²) in [6.07, 6.45) is 1.51. The van der Waals surface area contributed by atoms with E-state index in [0.29, 0.717) is 6.29 Å². The van der Waals surface area contributed by atoms with E-state index in [0.717, 1.165) is 10.8 Å². The van der Waals surface area contributed by atoms with Gasteiger partial charge in [-0.15, -0.1) is 0 Å². The van der Waals surface area contributed by atoms with Crippen LogP contribution in [0.5, 0.6) is 0 Å². The molecule has 0 bridgehead atoms. The zero-order chi connectivity index (χ0) is 8.43. The third-order valence-electron chi connectivity index (χ3n) is 1.29. The van der Waals surface area contributed by atoms with Gasteiger partial charge >= 0.3 is 5.82 Å². The summed E-state index contributed by atoms with van der Waals surface area (Å²) in [5.41, 5.74) is 0. The fraction of sp³-hybridized carbons (Fsp3) is 0.200. The minimum Gasteiger partial charge on any atom is -0.358 e. The first kappa shape index (κ1) is 7.39. The van der Waals surface area contributed by atoms with Gasteiger partial charge in [0.15, 0.2) is 0 Å². The quantitative estimate of drug-likeness (QED) is 0.345. The lowest BCUT2D eigenvalue weighted by Gasteiger charge is -1.91. The standard InChI is InChI=1S/C5H5N3O3/c1-7-4(3-9)6-2-5(7)8(10)11/h2-3H,1H3. The summed E-state index contributed by atoms with van der Waals surface area (Å²) in [7, 11) is 1.41. The van der Waals surface area contributed by atoms with Gasteiger partial charge in [0, 0.05) is 0 Å². The summed E-state index contributed by atoms with van der Waals surface area (Å²) in [6, 6.07) is 0. The summed E-state index contributed by atoms with van der Waals surface area (Å²) in [6.45, 7) is 0. The van der Waals surface area contributed by atoms with E-state index in [9.17, 15) is 14.9 Å². The van der Waals surface area contributed by atoms with Gasteiger partial charge in [0.25, 0.3) is 5.82 Å². The van der Waals surface area contributed by atoms with Crippen molar-refractivity contribution >= 4 is 12.1 Å². The number of hydrogen-bond acceptors (Lipinski definition) is 4. The van der Waals surface area contributed by atoms with E-state index in [1.54, 1.807) is 0 Å². The van der Waals surface area contributed by atoms with E-state index in [-0.39, 0.29) is 11.6 Å². The average Bonchev–Trinajstić information content (AvgIpc) is 2.30. The molecule has 6 heteroatoms. The molecule has 0 saturated carbocycles. The van der Waals surface area contributed by atoms with Crippen molar-refractivity contribution < 1.29 is 9.72 Å². The maximum absolute atomic E-state index is 10.2. The summed E-state index contributed by atoms with van der Waals surface area (Å²) < 4.78 is 1.12. The van der Waals surface area contributed by atoms with Gasteiger partial charge in [0.1, 0.15) is 6.20 Å². The van der Waals surface area contributed by atoms with Gasteiger partial charge in [0.05, 0.1) is 7.05 Å². The van der Waals surface area contributed by atoms with E-state index in [4.69, 9.17) is 0 Å². The number of carbonyl (C=O) groups is 1. The maximum Gasteiger partial charge on any atom is 0.343 e. The molecule has 0 aliphatic heterocycles. The highest BCUT2D eigenvalue weighted by molar-refractivity contribution is 5.70. The highest BCUT2D eigenvalue weighted by Crippen LogP contribution is 2.09. The van der Waals surface area contributed by atoms with Crippen molar-refractivity contribution in [3.8, 4) is 0 Å². The zero-order valence-electron chi connectivity index (χ0n) is 5.72. The van der Waals surface area contributed by atoms with Crippen molar-refractivity contribution in [2.24, 2.45) is 7.05 Å². The number of nitro groups is 1. The molecule has 0 aliphatic rings. The lowest BCUT2D eigenvalue weighted by molar-refractivity contribution is -0.391. The lowest BCUT2D eigenvalue weighted by Crippen LogP contribution is -2.00. The molecule has 0 aliphatic carbocycles. The topological polar surface area (TPSA) is 78.0 Å². The molecule has 1 rings (SSSR count). The zero-order valence-corrected chi connectivity index (χ0v) is 5.72. The van der Waals surface area contributed by atoms with Crippen LogP contribution in [0.25, 0.3) is 0 Å². The molecule has 0 amide bonds. The Labute approximate surface area is 61.6 Å². The average molecular weight is 155 g/mol. The van der Waals surface area contributed by atoms with Crippen LogP contribution in [0.1, 0.15) is 10.6 Å². The molecule has 0 spiro atoms. The van der Waals surface area contributed by atoms with Crippen LogP contribution in [-0.2, 0) is 7.05 Å². The van der Waals surface area contributed by atoms with Gasteiger partial charge in [-0.1, -0.05) is 0 Å². The molecule has 11 heavy (non-hydrogen) atoms. The Kier molecular flexibility index (Phi) is 1.67. The van der Waals surface area contributed by atoms with Gasteiger partial charge in [-0.05, 0) is 4.92 Å². The first-order valence-electron chi connectivity index (χ1n) is 2.78. The van der Waals surface area contributed by atoms with Gasteiger partial charge in [-0.3, -0.25) is 4.79 Å². The van der Waals surface area contributed by atoms with Crippen LogP contribution < -0.4 is 0 Å². The monoisotopic (exact) mass is 155 g/mol. The number of aromatic nitrogens is 2. The summed E-state index contributed by atoms with van der Waals surface area (Å²) in [4.78, 5) is 23.2. The molecule has 0 aromatic carbocycles. The Morgan fingerprint density at radius 2 is 2.45 bits per heavy atom. The molecule has 58 valence electrons. The fourth-order valence-corrected chi connectivity index (χ4v) is 0.694. The summed E-state index contributed by atoms with van der Waals surface area (Å²) in [5.74, 6) is -0.135. The van der Waals surface area contributed by atoms with E-state index < -0.39 is 4.92 Å². The van der Waals surface area contributed by atoms with Gasteiger partial charge < -0.3 is 10.1 Å². The molecule has 0 atom stereocenters. The molecule has 0 N–H and O–H groups in total. The van der Waals surface area contributed by atoms with Crippen LogP contribution in [0.2, 0.25) is 0 Å². The molecule has 0 unspecified atom stereocenters. The van der Waals surface area contributed by atoms with E-state index >= 15 is 0 Å². The Balaban J connectivity index is 3.20. The molecular weight excluding hydrogens is 150 g/mol. The van der Waals surface area contributed by atoms with E-state index in [2.05, 4.69) is 4.98 Å². The second kappa shape index (κ2) is 2.49. The Morgan fingerprint density at radius 1 is 1.82 bits per heavy atom. The molecule has 0 fully saturated rings. The molecular formula is C5H5N3O3. The third-order valence-corrected chi connectivity index (χ3v) is 1.29. The summed E-state index contributed by atoms with van der Waals surface area (Å²) >= 11 is 0. The molecule has 1 aromatic rings. The first-order valence-corrected chi connectivity index (χ1v) is 2.78. The van der Waals surface area contributed by atoms with Gasteiger partial charge in [-0.25, -0.2) is 9.55 Å². The van der Waals surface area contributed by atoms with Crippen LogP contribution in [0.3, 0.4) is 0 Å². The highest BCUT2D eigenvalue weighted by atomic mass is 16.6. The van der Waals surface area contributed by atoms with Crippen molar-refractivity contribution in [2.45, 2.75) is 0 Å². The SMILES string of the molecule is Cn1c([N+](=O)[O-])cnc1C=O. The van der Waals surface area contributed by atoms with Crippen molar-refractivity contribution in [1.29, 1.82) is 0 Å². The number of carbonyl (C=O) groups excluding carboxylic acids is 1. The fourth-order valence-electron chi connectivity index (χ4n) is 0.694. The van der Waals surface area contributed by atoms with Gasteiger partial charge in [-0.2, -0.15) is 0 Å². The van der Waals surface area contributed by atoms with Crippen LogP contribution in [0.15, 0.2) is 6.20 Å². The van der Waals surface area contributed by atoms with Crippen LogP contribution >= 0.6 is 0 Å². The minimum absolute atomic E-state index is 0.0525. The number of rotatable bonds is 2. The normalized spacial score (nSPS) is 9.55. The minimum atomic E-state index is -0.597. The van der Waals surface area contributed by atoms with Crippen LogP contribution in [0, 0.1) is 10.1 Å². The predicted octanol–water partition coefficient (Wildman–Crippen LogP) is 0.141. The Bertz CT molecular complexity index is 304. The number of hydrogen-bond donors (Lipinski definition) is 0. The van der Waals surface area contributed by atoms with E-state index in [1.807, 2.05) is 0 Å². The second-order valence-electron chi connectivity index (χ2n) is 1.91. The van der Waals surface area contributed by atoms with Crippen molar-refractivity contribution in [1.82, 2.24) is 9.55 Å². The number of imidazole rings is 1. The van der Waals surface area contributed by atoms with Crippen molar-refractivity contribution in [2.75, 3.05) is 0 Å². The predicted molar refractivity (Wildman–Crippen MR) is 35.2 cm³/mol.